The van der Waals surface area contributed by atoms with Gasteiger partial charge in [-0.3, -0.25) is 9.98 Å². The Balaban J connectivity index is 1.50. The Labute approximate surface area is 209 Å². The van der Waals surface area contributed by atoms with Crippen LogP contribution in [0.2, 0.25) is 5.02 Å². The summed E-state index contributed by atoms with van der Waals surface area (Å²) >= 11 is 6.35. The van der Waals surface area contributed by atoms with Crippen LogP contribution in [0.3, 0.4) is 0 Å². The van der Waals surface area contributed by atoms with Crippen molar-refractivity contribution in [3.8, 4) is 11.4 Å². The molecule has 178 valence electrons. The molecule has 8 heteroatoms. The highest BCUT2D eigenvalue weighted by Crippen LogP contribution is 2.42. The third kappa shape index (κ3) is 4.74. The van der Waals surface area contributed by atoms with Crippen molar-refractivity contribution in [2.24, 2.45) is 4.99 Å². The second-order valence-corrected chi connectivity index (χ2v) is 9.03. The maximum Gasteiger partial charge on any atom is 0.165 e. The van der Waals surface area contributed by atoms with Crippen molar-refractivity contribution in [1.82, 2.24) is 19.9 Å². The van der Waals surface area contributed by atoms with E-state index in [1.54, 1.807) is 18.3 Å². The number of ether oxygens (including phenoxy) is 1. The summed E-state index contributed by atoms with van der Waals surface area (Å²) in [5.41, 5.74) is 4.14. The zero-order valence-corrected chi connectivity index (χ0v) is 20.6. The second-order valence-electron chi connectivity index (χ2n) is 8.63. The van der Waals surface area contributed by atoms with Crippen LogP contribution in [0, 0.1) is 0 Å². The van der Waals surface area contributed by atoms with Crippen LogP contribution in [-0.4, -0.2) is 39.8 Å². The molecule has 1 aromatic carbocycles. The average molecular weight is 487 g/mol. The van der Waals surface area contributed by atoms with Gasteiger partial charge in [-0.15, -0.1) is 0 Å². The average Bonchev–Trinajstić information content (AvgIpc) is 2.85. The van der Waals surface area contributed by atoms with Crippen molar-refractivity contribution >= 4 is 40.4 Å². The number of fused-ring (bicyclic) bond motifs is 1. The number of nitrogens with one attached hydrogen (secondary N) is 1. The first-order valence-corrected chi connectivity index (χ1v) is 12.2. The smallest absolute Gasteiger partial charge is 0.165 e. The molecule has 5 rings (SSSR count). The van der Waals surface area contributed by atoms with Crippen LogP contribution in [-0.2, 0) is 16.8 Å². The molecule has 1 N–H and O–H groups in total. The van der Waals surface area contributed by atoms with Crippen molar-refractivity contribution in [2.45, 2.75) is 38.2 Å². The maximum absolute atomic E-state index is 6.35. The fourth-order valence-electron chi connectivity index (χ4n) is 4.43. The molecule has 7 nitrogen and oxygen atoms in total. The van der Waals surface area contributed by atoms with Crippen LogP contribution in [0.15, 0.2) is 59.7 Å². The minimum atomic E-state index is 0.0760. The van der Waals surface area contributed by atoms with Crippen molar-refractivity contribution in [1.29, 1.82) is 0 Å². The lowest BCUT2D eigenvalue weighted by molar-refractivity contribution is 0.128. The molecular weight excluding hydrogens is 460 g/mol. The molecule has 0 aliphatic heterocycles. The predicted octanol–water partition coefficient (Wildman–Crippen LogP) is 6.14. The van der Waals surface area contributed by atoms with E-state index < -0.39 is 0 Å². The van der Waals surface area contributed by atoms with Gasteiger partial charge in [0.15, 0.2) is 11.5 Å². The fourth-order valence-corrected chi connectivity index (χ4v) is 4.65. The Hall–Kier alpha value is -3.42. The molecule has 4 aromatic rings. The first kappa shape index (κ1) is 23.3. The number of nitrogens with zero attached hydrogens (tertiary/aromatic N) is 5. The Bertz CT molecular complexity index is 1370. The maximum atomic E-state index is 6.35. The van der Waals surface area contributed by atoms with E-state index in [0.717, 1.165) is 23.9 Å². The number of rotatable bonds is 8. The summed E-state index contributed by atoms with van der Waals surface area (Å²) in [4.78, 5) is 22.8. The summed E-state index contributed by atoms with van der Waals surface area (Å²) in [6.07, 6.45) is 7.31. The van der Waals surface area contributed by atoms with Gasteiger partial charge in [-0.1, -0.05) is 30.2 Å². The third-order valence-electron chi connectivity index (χ3n) is 6.39. The Kier molecular flexibility index (Phi) is 6.70. The summed E-state index contributed by atoms with van der Waals surface area (Å²) in [6, 6.07) is 16.0. The monoisotopic (exact) mass is 486 g/mol. The normalized spacial score (nSPS) is 14.8. The van der Waals surface area contributed by atoms with Crippen LogP contribution in [0.4, 0.5) is 11.5 Å². The van der Waals surface area contributed by atoms with E-state index >= 15 is 0 Å². The summed E-state index contributed by atoms with van der Waals surface area (Å²) in [6.45, 7) is 2.82. The van der Waals surface area contributed by atoms with Crippen molar-refractivity contribution in [3.05, 3.63) is 71.1 Å². The van der Waals surface area contributed by atoms with E-state index in [-0.39, 0.29) is 5.41 Å². The van der Waals surface area contributed by atoms with Crippen LogP contribution < -0.4 is 5.32 Å². The highest BCUT2D eigenvalue weighted by atomic mass is 35.5. The largest absolute Gasteiger partial charge is 0.374 e. The molecular formula is C27H27ClN6O. The molecule has 1 fully saturated rings. The van der Waals surface area contributed by atoms with Gasteiger partial charge in [-0.05, 0) is 61.7 Å². The number of aromatic nitrogens is 4. The van der Waals surface area contributed by atoms with Crippen LogP contribution in [0.25, 0.3) is 22.4 Å². The van der Waals surface area contributed by atoms with Gasteiger partial charge in [0.1, 0.15) is 18.1 Å². The number of pyridine rings is 2. The standard InChI is InChI=1S/C27H27ClN6O/c1-3-35-16-23-33-25(31-19-9-7-18(8-10-19)27(17-29-2)13-5-14-27)20-11-12-22(32-26(20)34-23)24-21(28)6-4-15-30-24/h4,6-12,15,17H,3,5,13-14,16H2,1-2H3,(H,31,32,33,34). The number of hydrogen-bond donors (Lipinski definition) is 1. The van der Waals surface area contributed by atoms with E-state index in [0.29, 0.717) is 46.9 Å². The molecule has 1 saturated carbocycles. The molecule has 1 aliphatic carbocycles. The first-order valence-electron chi connectivity index (χ1n) is 11.8. The SMILES string of the molecule is CCOCc1nc(Nc2ccc(C3(C=NC)CCC3)cc2)c2ccc(-c3ncccc3Cl)nc2n1. The third-order valence-corrected chi connectivity index (χ3v) is 6.69. The summed E-state index contributed by atoms with van der Waals surface area (Å²) in [5, 5.41) is 4.80. The number of aliphatic imine (C=N–C) groups is 1. The number of hydrogen-bond acceptors (Lipinski definition) is 7. The zero-order chi connectivity index (χ0) is 24.3. The van der Waals surface area contributed by atoms with Gasteiger partial charge >= 0.3 is 0 Å². The molecule has 3 heterocycles. The quantitative estimate of drug-likeness (QED) is 0.301. The molecule has 0 atom stereocenters. The molecule has 0 unspecified atom stereocenters. The Morgan fingerprint density at radius 3 is 2.60 bits per heavy atom. The van der Waals surface area contributed by atoms with E-state index in [2.05, 4.69) is 50.8 Å². The molecule has 3 aromatic heterocycles. The van der Waals surface area contributed by atoms with Gasteiger partial charge in [0.2, 0.25) is 0 Å². The zero-order valence-electron chi connectivity index (χ0n) is 19.8. The Morgan fingerprint density at radius 1 is 1.09 bits per heavy atom. The number of anilines is 2. The molecule has 0 radical (unpaired) electrons. The van der Waals surface area contributed by atoms with E-state index in [1.165, 1.54) is 12.0 Å². The second kappa shape index (κ2) is 10.1. The molecule has 35 heavy (non-hydrogen) atoms. The minimum absolute atomic E-state index is 0.0760. The van der Waals surface area contributed by atoms with Gasteiger partial charge in [0.05, 0.1) is 16.1 Å². The van der Waals surface area contributed by atoms with E-state index in [9.17, 15) is 0 Å². The summed E-state index contributed by atoms with van der Waals surface area (Å²) < 4.78 is 5.58. The fraction of sp³-hybridized carbons (Fsp3) is 0.296. The molecule has 0 saturated heterocycles. The van der Waals surface area contributed by atoms with Gasteiger partial charge < -0.3 is 10.1 Å². The van der Waals surface area contributed by atoms with Gasteiger partial charge in [-0.25, -0.2) is 15.0 Å². The predicted molar refractivity (Wildman–Crippen MR) is 141 cm³/mol. The molecule has 0 bridgehead atoms. The van der Waals surface area contributed by atoms with E-state index in [1.807, 2.05) is 26.1 Å². The number of halogens is 1. The Morgan fingerprint density at radius 2 is 1.91 bits per heavy atom. The molecule has 0 amide bonds. The van der Waals surface area contributed by atoms with Crippen molar-refractivity contribution in [2.75, 3.05) is 19.0 Å². The summed E-state index contributed by atoms with van der Waals surface area (Å²) in [7, 11) is 1.84. The topological polar surface area (TPSA) is 85.2 Å². The first-order chi connectivity index (χ1) is 17.1. The minimum Gasteiger partial charge on any atom is -0.374 e. The molecule has 0 spiro atoms. The molecule has 1 aliphatic rings. The summed E-state index contributed by atoms with van der Waals surface area (Å²) in [5.74, 6) is 1.24. The lowest BCUT2D eigenvalue weighted by Gasteiger charge is -2.39. The van der Waals surface area contributed by atoms with Gasteiger partial charge in [-0.2, -0.15) is 0 Å². The van der Waals surface area contributed by atoms with Crippen LogP contribution in [0.1, 0.15) is 37.6 Å². The lowest BCUT2D eigenvalue weighted by atomic mass is 9.65. The van der Waals surface area contributed by atoms with Gasteiger partial charge in [0, 0.05) is 37.2 Å². The highest BCUT2D eigenvalue weighted by Gasteiger charge is 2.36. The van der Waals surface area contributed by atoms with Crippen molar-refractivity contribution in [3.63, 3.8) is 0 Å². The lowest BCUT2D eigenvalue weighted by Crippen LogP contribution is -2.35. The highest BCUT2D eigenvalue weighted by molar-refractivity contribution is 6.32. The van der Waals surface area contributed by atoms with E-state index in [4.69, 9.17) is 26.3 Å². The number of benzene rings is 1. The van der Waals surface area contributed by atoms with Crippen molar-refractivity contribution < 1.29 is 4.74 Å². The van der Waals surface area contributed by atoms with Crippen LogP contribution >= 0.6 is 11.6 Å². The van der Waals surface area contributed by atoms with Gasteiger partial charge in [0.25, 0.3) is 0 Å². The van der Waals surface area contributed by atoms with Crippen LogP contribution in [0.5, 0.6) is 0 Å².